The normalized spacial score (nSPS) is 12.2. The van der Waals surface area contributed by atoms with Crippen LogP contribution in [0.1, 0.15) is 6.92 Å². The molecule has 0 aliphatic heterocycles. The van der Waals surface area contributed by atoms with E-state index >= 15 is 0 Å². The molecule has 0 saturated carbocycles. The van der Waals surface area contributed by atoms with Crippen molar-refractivity contribution in [3.63, 3.8) is 0 Å². The lowest BCUT2D eigenvalue weighted by Crippen LogP contribution is -2.33. The zero-order valence-corrected chi connectivity index (χ0v) is 12.4. The molecular weight excluding hydrogens is 278 g/mol. The van der Waals surface area contributed by atoms with Crippen molar-refractivity contribution in [3.8, 4) is 5.95 Å². The van der Waals surface area contributed by atoms with Crippen LogP contribution in [0.25, 0.3) is 5.95 Å². The van der Waals surface area contributed by atoms with Gasteiger partial charge in [-0.15, -0.1) is 0 Å². The van der Waals surface area contributed by atoms with Gasteiger partial charge in [-0.3, -0.25) is 5.43 Å². The fourth-order valence-electron chi connectivity index (χ4n) is 1.54. The van der Waals surface area contributed by atoms with Gasteiger partial charge in [-0.1, -0.05) is 0 Å². The molecule has 0 radical (unpaired) electrons. The Kier molecular flexibility index (Phi) is 4.69. The summed E-state index contributed by atoms with van der Waals surface area (Å²) in [6.45, 7) is 2.10. The van der Waals surface area contributed by atoms with Gasteiger partial charge in [0, 0.05) is 18.8 Å². The maximum absolute atomic E-state index is 5.41. The molecule has 20 heavy (non-hydrogen) atoms. The van der Waals surface area contributed by atoms with Crippen LogP contribution in [-0.2, 0) is 0 Å². The number of hydrazine groups is 1. The van der Waals surface area contributed by atoms with E-state index in [4.69, 9.17) is 5.84 Å². The van der Waals surface area contributed by atoms with Crippen LogP contribution < -0.4 is 16.2 Å². The Balaban J connectivity index is 2.35. The molecule has 0 amide bonds. The summed E-state index contributed by atoms with van der Waals surface area (Å²) in [6.07, 6.45) is 5.00. The number of hydrogen-bond acceptors (Lipinski definition) is 9. The topological polar surface area (TPSA) is 111 Å². The zero-order chi connectivity index (χ0) is 14.5. The van der Waals surface area contributed by atoms with Crippen LogP contribution in [-0.4, -0.2) is 54.8 Å². The van der Waals surface area contributed by atoms with E-state index in [2.05, 4.69) is 43.6 Å². The molecule has 2 rings (SSSR count). The van der Waals surface area contributed by atoms with E-state index in [0.717, 1.165) is 5.75 Å². The number of nitrogens with zero attached hydrogens (tertiary/aromatic N) is 7. The van der Waals surface area contributed by atoms with Gasteiger partial charge in [0.15, 0.2) is 0 Å². The molecule has 2 aromatic rings. The first-order valence-corrected chi connectivity index (χ1v) is 7.34. The van der Waals surface area contributed by atoms with Crippen LogP contribution in [0.5, 0.6) is 0 Å². The third kappa shape index (κ3) is 3.14. The molecule has 1 unspecified atom stereocenters. The molecule has 9 nitrogen and oxygen atoms in total. The third-order valence-corrected chi connectivity index (χ3v) is 3.56. The average Bonchev–Trinajstić information content (AvgIpc) is 3.00. The maximum atomic E-state index is 5.41. The van der Waals surface area contributed by atoms with Crippen LogP contribution >= 0.6 is 11.8 Å². The van der Waals surface area contributed by atoms with Crippen molar-refractivity contribution in [2.24, 2.45) is 5.84 Å². The summed E-state index contributed by atoms with van der Waals surface area (Å²) in [7, 11) is 1.93. The van der Waals surface area contributed by atoms with Gasteiger partial charge in [-0.05, 0) is 13.2 Å². The summed E-state index contributed by atoms with van der Waals surface area (Å²) in [5, 5.41) is 4.01. The Labute approximate surface area is 121 Å². The van der Waals surface area contributed by atoms with Gasteiger partial charge >= 0.3 is 0 Å². The molecule has 1 atom stereocenters. The molecule has 108 valence electrons. The molecule has 0 aromatic carbocycles. The van der Waals surface area contributed by atoms with E-state index in [9.17, 15) is 0 Å². The van der Waals surface area contributed by atoms with Crippen LogP contribution in [0.2, 0.25) is 0 Å². The van der Waals surface area contributed by atoms with E-state index in [1.807, 2.05) is 11.9 Å². The van der Waals surface area contributed by atoms with Crippen LogP contribution in [0.4, 0.5) is 11.9 Å². The van der Waals surface area contributed by atoms with Gasteiger partial charge in [0.1, 0.15) is 12.7 Å². The number of anilines is 2. The lowest BCUT2D eigenvalue weighted by Gasteiger charge is -2.24. The van der Waals surface area contributed by atoms with Crippen molar-refractivity contribution in [1.29, 1.82) is 0 Å². The van der Waals surface area contributed by atoms with Crippen molar-refractivity contribution < 1.29 is 0 Å². The Morgan fingerprint density at radius 3 is 2.85 bits per heavy atom. The molecule has 0 saturated heterocycles. The van der Waals surface area contributed by atoms with Gasteiger partial charge in [0.05, 0.1) is 0 Å². The average molecular weight is 295 g/mol. The van der Waals surface area contributed by atoms with E-state index in [1.54, 1.807) is 11.8 Å². The lowest BCUT2D eigenvalue weighted by molar-refractivity contribution is 0.719. The Morgan fingerprint density at radius 1 is 1.45 bits per heavy atom. The van der Waals surface area contributed by atoms with Crippen LogP contribution in [0, 0.1) is 0 Å². The molecular formula is C10H17N9S. The Morgan fingerprint density at radius 2 is 2.25 bits per heavy atom. The number of nitrogen functional groups attached to an aromatic ring is 1. The minimum Gasteiger partial charge on any atom is -0.340 e. The monoisotopic (exact) mass is 295 g/mol. The molecule has 2 aromatic heterocycles. The molecule has 10 heteroatoms. The van der Waals surface area contributed by atoms with Crippen molar-refractivity contribution in [1.82, 2.24) is 29.7 Å². The highest BCUT2D eigenvalue weighted by Gasteiger charge is 2.16. The molecule has 0 bridgehead atoms. The molecule has 2 heterocycles. The number of thioether (sulfide) groups is 1. The Bertz CT molecular complexity index is 544. The number of hydrogen-bond donors (Lipinski definition) is 2. The number of nitrogens with two attached hydrogens (primary N) is 1. The molecule has 0 spiro atoms. The second kappa shape index (κ2) is 6.48. The summed E-state index contributed by atoms with van der Waals surface area (Å²) < 4.78 is 1.46. The number of aromatic nitrogens is 6. The summed E-state index contributed by atoms with van der Waals surface area (Å²) in [4.78, 5) is 18.6. The summed E-state index contributed by atoms with van der Waals surface area (Å²) in [6, 6.07) is 0.279. The SMILES string of the molecule is CSCC(C)N(C)c1nc(NN)nc(-n2cncn2)n1. The quantitative estimate of drug-likeness (QED) is 0.558. The third-order valence-electron chi connectivity index (χ3n) is 2.75. The first kappa shape index (κ1) is 14.5. The number of nitrogens with one attached hydrogen (secondary N) is 1. The van der Waals surface area contributed by atoms with Gasteiger partial charge in [-0.2, -0.15) is 36.5 Å². The zero-order valence-electron chi connectivity index (χ0n) is 11.6. The van der Waals surface area contributed by atoms with Gasteiger partial charge in [-0.25, -0.2) is 10.8 Å². The van der Waals surface area contributed by atoms with Crippen molar-refractivity contribution >= 4 is 23.7 Å². The predicted octanol–water partition coefficient (Wildman–Crippen LogP) is -0.0744. The second-order valence-electron chi connectivity index (χ2n) is 4.16. The predicted molar refractivity (Wildman–Crippen MR) is 78.8 cm³/mol. The standard InChI is InChI=1S/C10H17N9S/c1-7(4-20-3)18(2)9-14-8(17-11)15-10(16-9)19-6-12-5-13-19/h5-7H,4,11H2,1-3H3,(H,14,15,16,17). The molecule has 0 aliphatic rings. The highest BCUT2D eigenvalue weighted by Crippen LogP contribution is 2.15. The maximum Gasteiger partial charge on any atom is 0.258 e. The second-order valence-corrected chi connectivity index (χ2v) is 5.07. The van der Waals surface area contributed by atoms with Crippen molar-refractivity contribution in [3.05, 3.63) is 12.7 Å². The van der Waals surface area contributed by atoms with Gasteiger partial charge in [0.2, 0.25) is 11.9 Å². The minimum atomic E-state index is 0.279. The lowest BCUT2D eigenvalue weighted by atomic mass is 10.3. The number of rotatable bonds is 6. The van der Waals surface area contributed by atoms with Gasteiger partial charge < -0.3 is 4.90 Å². The van der Waals surface area contributed by atoms with E-state index in [-0.39, 0.29) is 12.0 Å². The highest BCUT2D eigenvalue weighted by atomic mass is 32.2. The van der Waals surface area contributed by atoms with Crippen molar-refractivity contribution in [2.75, 3.05) is 29.4 Å². The molecule has 0 aliphatic carbocycles. The van der Waals surface area contributed by atoms with Gasteiger partial charge in [0.25, 0.3) is 5.95 Å². The summed E-state index contributed by atoms with van der Waals surface area (Å²) >= 11 is 1.76. The fourth-order valence-corrected chi connectivity index (χ4v) is 2.25. The van der Waals surface area contributed by atoms with Crippen molar-refractivity contribution in [2.45, 2.75) is 13.0 Å². The largest absolute Gasteiger partial charge is 0.340 e. The molecule has 0 fully saturated rings. The van der Waals surface area contributed by atoms with Crippen LogP contribution in [0.3, 0.4) is 0 Å². The van der Waals surface area contributed by atoms with E-state index in [0.29, 0.717) is 11.9 Å². The van der Waals surface area contributed by atoms with E-state index < -0.39 is 0 Å². The first-order valence-electron chi connectivity index (χ1n) is 5.95. The van der Waals surface area contributed by atoms with E-state index in [1.165, 1.54) is 17.3 Å². The molecule has 3 N–H and O–H groups in total. The summed E-state index contributed by atoms with van der Waals surface area (Å²) in [5.74, 6) is 7.54. The minimum absolute atomic E-state index is 0.279. The smallest absolute Gasteiger partial charge is 0.258 e. The first-order chi connectivity index (χ1) is 9.65. The summed E-state index contributed by atoms with van der Waals surface area (Å²) in [5.41, 5.74) is 2.44. The Hall–Kier alpha value is -1.94. The van der Waals surface area contributed by atoms with Crippen LogP contribution in [0.15, 0.2) is 12.7 Å². The fraction of sp³-hybridized carbons (Fsp3) is 0.500. The highest BCUT2D eigenvalue weighted by molar-refractivity contribution is 7.98.